The first kappa shape index (κ1) is 20.1. The van der Waals surface area contributed by atoms with Crippen molar-refractivity contribution in [3.05, 3.63) is 78.6 Å². The van der Waals surface area contributed by atoms with E-state index in [0.29, 0.717) is 0 Å². The zero-order valence-corrected chi connectivity index (χ0v) is 18.1. The van der Waals surface area contributed by atoms with Gasteiger partial charge < -0.3 is 19.5 Å². The lowest BCUT2D eigenvalue weighted by molar-refractivity contribution is 0.0349. The lowest BCUT2D eigenvalue weighted by Crippen LogP contribution is -2.42. The molecule has 2 fully saturated rings. The summed E-state index contributed by atoms with van der Waals surface area (Å²) >= 11 is 5.82. The average Bonchev–Trinajstić information content (AvgIpc) is 3.44. The molecule has 0 bridgehead atoms. The van der Waals surface area contributed by atoms with Crippen LogP contribution in [0.3, 0.4) is 0 Å². The van der Waals surface area contributed by atoms with Crippen LogP contribution in [0.4, 0.5) is 0 Å². The molecule has 5 heterocycles. The minimum atomic E-state index is -0.0243. The molecular formula is C23H26N6OS. The van der Waals surface area contributed by atoms with Gasteiger partial charge in [0.2, 0.25) is 0 Å². The third-order valence-electron chi connectivity index (χ3n) is 5.97. The normalized spacial score (nSPS) is 21.9. The summed E-state index contributed by atoms with van der Waals surface area (Å²) in [6.07, 6.45) is 7.61. The first-order valence-corrected chi connectivity index (χ1v) is 11.1. The number of rotatable bonds is 6. The van der Waals surface area contributed by atoms with Crippen LogP contribution in [-0.4, -0.2) is 68.8 Å². The molecule has 0 aromatic carbocycles. The summed E-state index contributed by atoms with van der Waals surface area (Å²) in [7, 11) is 0. The maximum absolute atomic E-state index is 5.82. The number of ether oxygens (including phenoxy) is 1. The van der Waals surface area contributed by atoms with Crippen LogP contribution in [-0.2, 0) is 4.74 Å². The van der Waals surface area contributed by atoms with Crippen molar-refractivity contribution in [2.75, 3.05) is 39.4 Å². The van der Waals surface area contributed by atoms with Crippen molar-refractivity contribution in [1.29, 1.82) is 0 Å². The van der Waals surface area contributed by atoms with Crippen LogP contribution in [0.5, 0.6) is 0 Å². The van der Waals surface area contributed by atoms with Crippen molar-refractivity contribution in [3.8, 4) is 5.69 Å². The topological polar surface area (TPSA) is 58.5 Å². The molecule has 8 heteroatoms. The number of hydrogen-bond acceptors (Lipinski definition) is 5. The largest absolute Gasteiger partial charge is 0.379 e. The van der Waals surface area contributed by atoms with Gasteiger partial charge in [-0.2, -0.15) is 0 Å². The quantitative estimate of drug-likeness (QED) is 0.599. The van der Waals surface area contributed by atoms with E-state index in [0.717, 1.165) is 61.6 Å². The Balaban J connectivity index is 1.49. The zero-order valence-electron chi connectivity index (χ0n) is 17.3. The van der Waals surface area contributed by atoms with Crippen molar-refractivity contribution in [2.45, 2.75) is 12.1 Å². The van der Waals surface area contributed by atoms with Crippen LogP contribution < -0.4 is 5.32 Å². The van der Waals surface area contributed by atoms with Crippen LogP contribution in [0.2, 0.25) is 0 Å². The fourth-order valence-corrected chi connectivity index (χ4v) is 4.74. The lowest BCUT2D eigenvalue weighted by Gasteiger charge is -2.32. The fourth-order valence-electron chi connectivity index (χ4n) is 4.41. The van der Waals surface area contributed by atoms with Crippen molar-refractivity contribution in [3.63, 3.8) is 0 Å². The van der Waals surface area contributed by atoms with Gasteiger partial charge in [-0.3, -0.25) is 14.9 Å². The maximum atomic E-state index is 5.82. The van der Waals surface area contributed by atoms with Gasteiger partial charge in [-0.1, -0.05) is 6.07 Å². The van der Waals surface area contributed by atoms with Gasteiger partial charge in [0.05, 0.1) is 42.9 Å². The van der Waals surface area contributed by atoms with Gasteiger partial charge in [-0.05, 0) is 48.6 Å². The fraction of sp³-hybridized carbons (Fsp3) is 0.348. The molecule has 5 rings (SSSR count). The van der Waals surface area contributed by atoms with Gasteiger partial charge in [0.15, 0.2) is 5.11 Å². The van der Waals surface area contributed by atoms with Gasteiger partial charge in [-0.15, -0.1) is 0 Å². The first-order valence-electron chi connectivity index (χ1n) is 10.7. The van der Waals surface area contributed by atoms with Crippen LogP contribution in [0.15, 0.2) is 67.3 Å². The highest BCUT2D eigenvalue weighted by atomic mass is 32.1. The van der Waals surface area contributed by atoms with E-state index < -0.39 is 0 Å². The smallest absolute Gasteiger partial charge is 0.170 e. The molecular weight excluding hydrogens is 408 g/mol. The van der Waals surface area contributed by atoms with E-state index in [1.165, 1.54) is 0 Å². The summed E-state index contributed by atoms with van der Waals surface area (Å²) in [5.74, 6) is 0. The molecule has 0 spiro atoms. The molecule has 0 unspecified atom stereocenters. The Morgan fingerprint density at radius 1 is 1.03 bits per heavy atom. The minimum Gasteiger partial charge on any atom is -0.379 e. The van der Waals surface area contributed by atoms with E-state index in [1.807, 2.05) is 30.6 Å². The lowest BCUT2D eigenvalue weighted by atomic mass is 10.0. The highest BCUT2D eigenvalue weighted by Crippen LogP contribution is 2.39. The predicted molar refractivity (Wildman–Crippen MR) is 123 cm³/mol. The molecule has 7 nitrogen and oxygen atoms in total. The Bertz CT molecular complexity index is 1010. The van der Waals surface area contributed by atoms with Gasteiger partial charge in [0, 0.05) is 50.5 Å². The minimum absolute atomic E-state index is 0.0243. The molecule has 0 saturated carbocycles. The van der Waals surface area contributed by atoms with Gasteiger partial charge in [0.25, 0.3) is 0 Å². The van der Waals surface area contributed by atoms with Gasteiger partial charge in [0.1, 0.15) is 0 Å². The Hall–Kier alpha value is -2.81. The second kappa shape index (κ2) is 9.13. The average molecular weight is 435 g/mol. The number of pyridine rings is 2. The number of aromatic nitrogens is 3. The number of nitrogens with zero attached hydrogens (tertiary/aromatic N) is 5. The van der Waals surface area contributed by atoms with Crippen LogP contribution in [0.25, 0.3) is 5.69 Å². The number of morpholine rings is 1. The predicted octanol–water partition coefficient (Wildman–Crippen LogP) is 2.57. The molecule has 2 aliphatic rings. The zero-order chi connectivity index (χ0) is 21.0. The summed E-state index contributed by atoms with van der Waals surface area (Å²) in [5.41, 5.74) is 3.19. The van der Waals surface area contributed by atoms with E-state index in [4.69, 9.17) is 17.0 Å². The van der Waals surface area contributed by atoms with E-state index in [9.17, 15) is 0 Å². The summed E-state index contributed by atoms with van der Waals surface area (Å²) in [6, 6.07) is 14.3. The molecule has 0 aliphatic carbocycles. The second-order valence-electron chi connectivity index (χ2n) is 7.79. The Morgan fingerprint density at radius 2 is 1.94 bits per heavy atom. The van der Waals surface area contributed by atoms with Crippen molar-refractivity contribution >= 4 is 17.3 Å². The highest BCUT2D eigenvalue weighted by Gasteiger charge is 2.41. The van der Waals surface area contributed by atoms with E-state index in [-0.39, 0.29) is 12.1 Å². The van der Waals surface area contributed by atoms with Gasteiger partial charge >= 0.3 is 0 Å². The van der Waals surface area contributed by atoms with Crippen molar-refractivity contribution in [2.24, 2.45) is 0 Å². The molecule has 2 saturated heterocycles. The maximum Gasteiger partial charge on any atom is 0.170 e. The molecule has 3 aromatic rings. The number of hydrogen-bond donors (Lipinski definition) is 1. The van der Waals surface area contributed by atoms with Crippen molar-refractivity contribution in [1.82, 2.24) is 29.7 Å². The molecule has 0 amide bonds. The monoisotopic (exact) mass is 434 g/mol. The summed E-state index contributed by atoms with van der Waals surface area (Å²) in [4.78, 5) is 13.7. The Morgan fingerprint density at radius 3 is 2.71 bits per heavy atom. The summed E-state index contributed by atoms with van der Waals surface area (Å²) in [5, 5.41) is 4.32. The van der Waals surface area contributed by atoms with E-state index >= 15 is 0 Å². The molecule has 160 valence electrons. The number of nitrogens with one attached hydrogen (secondary N) is 1. The Kier molecular flexibility index (Phi) is 5.93. The Labute approximate surface area is 187 Å². The SMILES string of the molecule is S=C1N[C@@H](c2ccccn2)[C@H](c2cccn2-c2cccnc2)N1CCN1CCOCC1. The standard InChI is InChI=1S/C23H26N6OS/c31-23-26-21(19-6-1-2-9-25-19)22(29(23)12-11-27-13-15-30-16-14-27)20-7-4-10-28(20)18-5-3-8-24-17-18/h1-10,17,21-22H,11-16H2,(H,26,31)/t21-,22-/m0/s1. The third-order valence-corrected chi connectivity index (χ3v) is 6.32. The van der Waals surface area contributed by atoms with Gasteiger partial charge in [-0.25, -0.2) is 0 Å². The molecule has 31 heavy (non-hydrogen) atoms. The molecule has 2 aliphatic heterocycles. The van der Waals surface area contributed by atoms with Crippen LogP contribution in [0, 0.1) is 0 Å². The second-order valence-corrected chi connectivity index (χ2v) is 8.17. The third kappa shape index (κ3) is 4.19. The number of thiocarbonyl (C=S) groups is 1. The van der Waals surface area contributed by atoms with E-state index in [1.54, 1.807) is 6.20 Å². The van der Waals surface area contributed by atoms with E-state index in [2.05, 4.69) is 60.1 Å². The highest BCUT2D eigenvalue weighted by molar-refractivity contribution is 7.80. The van der Waals surface area contributed by atoms with Crippen LogP contribution >= 0.6 is 12.2 Å². The summed E-state index contributed by atoms with van der Waals surface area (Å²) in [6.45, 7) is 5.32. The molecule has 2 atom stereocenters. The van der Waals surface area contributed by atoms with Crippen LogP contribution in [0.1, 0.15) is 23.5 Å². The molecule has 0 radical (unpaired) electrons. The summed E-state index contributed by atoms with van der Waals surface area (Å²) < 4.78 is 7.70. The molecule has 1 N–H and O–H groups in total. The molecule has 3 aromatic heterocycles. The first-order chi connectivity index (χ1) is 15.3. The van der Waals surface area contributed by atoms with Crippen molar-refractivity contribution < 1.29 is 4.74 Å².